The van der Waals surface area contributed by atoms with Crippen molar-refractivity contribution in [3.8, 4) is 23.5 Å². The lowest BCUT2D eigenvalue weighted by Crippen LogP contribution is -1.94. The molecule has 11 rings (SSSR count). The first-order valence-corrected chi connectivity index (χ1v) is 17.2. The number of nitriles is 2. The van der Waals surface area contributed by atoms with Gasteiger partial charge in [0.05, 0.1) is 45.3 Å². The van der Waals surface area contributed by atoms with Crippen LogP contribution in [0.5, 0.6) is 0 Å². The summed E-state index contributed by atoms with van der Waals surface area (Å²) in [5.41, 5.74) is 9.14. The van der Waals surface area contributed by atoms with Crippen molar-refractivity contribution in [1.29, 1.82) is 10.5 Å². The van der Waals surface area contributed by atoms with Crippen LogP contribution in [-0.4, -0.2) is 9.13 Å². The predicted molar refractivity (Wildman–Crippen MR) is 205 cm³/mol. The van der Waals surface area contributed by atoms with Crippen LogP contribution in [0, 0.1) is 22.7 Å². The molecule has 0 radical (unpaired) electrons. The summed E-state index contributed by atoms with van der Waals surface area (Å²) in [6, 6.07) is 50.8. The molecule has 50 heavy (non-hydrogen) atoms. The van der Waals surface area contributed by atoms with E-state index in [0.717, 1.165) is 60.6 Å². The number of rotatable bonds is 2. The van der Waals surface area contributed by atoms with E-state index in [1.54, 1.807) is 0 Å². The van der Waals surface area contributed by atoms with E-state index in [1.165, 1.54) is 36.5 Å². The van der Waals surface area contributed by atoms with Crippen LogP contribution in [-0.2, 0) is 0 Å². The van der Waals surface area contributed by atoms with Crippen molar-refractivity contribution in [1.82, 2.24) is 9.13 Å². The van der Waals surface area contributed by atoms with Crippen molar-refractivity contribution in [2.75, 3.05) is 0 Å². The summed E-state index contributed by atoms with van der Waals surface area (Å²) in [4.78, 5) is 0. The molecule has 0 aliphatic heterocycles. The summed E-state index contributed by atoms with van der Waals surface area (Å²) >= 11 is 1.84. The maximum absolute atomic E-state index is 9.65. The minimum absolute atomic E-state index is 0.584. The lowest BCUT2D eigenvalue weighted by atomic mass is 10.1. The Kier molecular flexibility index (Phi) is 5.34. The van der Waals surface area contributed by atoms with Crippen LogP contribution in [0.2, 0.25) is 0 Å². The highest BCUT2D eigenvalue weighted by Crippen LogP contribution is 2.42. The van der Waals surface area contributed by atoms with Crippen molar-refractivity contribution in [3.63, 3.8) is 0 Å². The molecule has 6 heteroatoms. The highest BCUT2D eigenvalue weighted by atomic mass is 32.1. The molecular formula is C44H22N4OS. The normalized spacial score (nSPS) is 12.0. The van der Waals surface area contributed by atoms with Gasteiger partial charge in [-0.1, -0.05) is 36.4 Å². The number of benzene rings is 7. The Labute approximate surface area is 288 Å². The van der Waals surface area contributed by atoms with Crippen LogP contribution in [0.4, 0.5) is 0 Å². The third-order valence-electron chi connectivity index (χ3n) is 10.1. The van der Waals surface area contributed by atoms with Gasteiger partial charge in [-0.2, -0.15) is 10.5 Å². The maximum Gasteiger partial charge on any atom is 0.135 e. The van der Waals surface area contributed by atoms with E-state index in [1.807, 2.05) is 53.8 Å². The zero-order chi connectivity index (χ0) is 33.1. The van der Waals surface area contributed by atoms with Gasteiger partial charge in [0.2, 0.25) is 0 Å². The van der Waals surface area contributed by atoms with Crippen LogP contribution < -0.4 is 0 Å². The van der Waals surface area contributed by atoms with Gasteiger partial charge in [0.25, 0.3) is 0 Å². The molecule has 0 spiro atoms. The number of thiophene rings is 1. The van der Waals surface area contributed by atoms with Crippen LogP contribution in [0.3, 0.4) is 0 Å². The topological polar surface area (TPSA) is 70.6 Å². The largest absolute Gasteiger partial charge is 0.456 e. The second-order valence-corrected chi connectivity index (χ2v) is 13.9. The fraction of sp³-hybridized carbons (Fsp3) is 0. The van der Waals surface area contributed by atoms with Gasteiger partial charge in [0.15, 0.2) is 0 Å². The first-order valence-electron chi connectivity index (χ1n) is 16.4. The smallest absolute Gasteiger partial charge is 0.135 e. The number of nitrogens with zero attached hydrogens (tertiary/aromatic N) is 4. The molecule has 0 amide bonds. The molecule has 11 aromatic rings. The van der Waals surface area contributed by atoms with Crippen LogP contribution in [0.25, 0.3) is 97.1 Å². The second kappa shape index (κ2) is 9.84. The zero-order valence-electron chi connectivity index (χ0n) is 26.3. The van der Waals surface area contributed by atoms with Gasteiger partial charge in [0.1, 0.15) is 11.2 Å². The lowest BCUT2D eigenvalue weighted by molar-refractivity contribution is 0.669. The Balaban J connectivity index is 1.16. The van der Waals surface area contributed by atoms with Crippen molar-refractivity contribution in [3.05, 3.63) is 145 Å². The SMILES string of the molecule is N#Cc1ccc2c(c1)c1cc(C#N)ccc1n2-c1ccc2oc3ccc(-n4c5ccccc5c5cc6c(cc54)sc4ccccc46)cc3c2c1. The van der Waals surface area contributed by atoms with Crippen LogP contribution in [0.15, 0.2) is 138 Å². The van der Waals surface area contributed by atoms with E-state index in [9.17, 15) is 10.5 Å². The van der Waals surface area contributed by atoms with Gasteiger partial charge in [0, 0.05) is 63.9 Å². The number of para-hydroxylation sites is 1. The zero-order valence-corrected chi connectivity index (χ0v) is 27.1. The van der Waals surface area contributed by atoms with E-state index in [-0.39, 0.29) is 0 Å². The van der Waals surface area contributed by atoms with Crippen LogP contribution >= 0.6 is 11.3 Å². The van der Waals surface area contributed by atoms with Gasteiger partial charge >= 0.3 is 0 Å². The molecule has 0 aliphatic rings. The van der Waals surface area contributed by atoms with Gasteiger partial charge in [-0.15, -0.1) is 11.3 Å². The van der Waals surface area contributed by atoms with E-state index in [4.69, 9.17) is 4.42 Å². The molecule has 4 heterocycles. The van der Waals surface area contributed by atoms with E-state index in [2.05, 4.69) is 112 Å². The molecule has 0 unspecified atom stereocenters. The maximum atomic E-state index is 9.65. The number of furan rings is 1. The quantitative estimate of drug-likeness (QED) is 0.186. The van der Waals surface area contributed by atoms with Gasteiger partial charge in [-0.25, -0.2) is 0 Å². The standard InChI is InChI=1S/C44H22N4OS/c45-23-25-9-13-38-31(17-25)32-18-26(24-46)10-14-39(32)47(38)27-11-15-41-34(19-27)35-20-28(12-16-42(35)49-41)48-37-7-3-1-5-29(37)33-21-36-30-6-2-4-8-43(30)50-44(36)22-40(33)48/h1-22H. The first kappa shape index (κ1) is 27.1. The molecule has 0 bridgehead atoms. The van der Waals surface area contributed by atoms with Gasteiger partial charge in [-0.3, -0.25) is 0 Å². The molecule has 4 aromatic heterocycles. The Morgan fingerprint density at radius 3 is 1.64 bits per heavy atom. The minimum atomic E-state index is 0.584. The van der Waals surface area contributed by atoms with Crippen molar-refractivity contribution in [2.24, 2.45) is 0 Å². The summed E-state index contributed by atoms with van der Waals surface area (Å²) in [6.07, 6.45) is 0. The number of hydrogen-bond acceptors (Lipinski definition) is 4. The number of hydrogen-bond donors (Lipinski definition) is 0. The number of aromatic nitrogens is 2. The fourth-order valence-corrected chi connectivity index (χ4v) is 9.06. The van der Waals surface area contributed by atoms with E-state index < -0.39 is 0 Å². The molecular weight excluding hydrogens is 633 g/mol. The average molecular weight is 655 g/mol. The molecule has 0 fully saturated rings. The monoisotopic (exact) mass is 654 g/mol. The van der Waals surface area contributed by atoms with Crippen molar-refractivity contribution in [2.45, 2.75) is 0 Å². The fourth-order valence-electron chi connectivity index (χ4n) is 7.94. The van der Waals surface area contributed by atoms with Gasteiger partial charge in [-0.05, 0) is 97.1 Å². The van der Waals surface area contributed by atoms with Crippen molar-refractivity contribution < 1.29 is 4.42 Å². The van der Waals surface area contributed by atoms with Crippen LogP contribution in [0.1, 0.15) is 11.1 Å². The highest BCUT2D eigenvalue weighted by Gasteiger charge is 2.19. The Hall–Kier alpha value is -6.86. The molecule has 0 N–H and O–H groups in total. The predicted octanol–water partition coefficient (Wildman–Crippen LogP) is 11.9. The molecule has 0 saturated carbocycles. The van der Waals surface area contributed by atoms with E-state index in [0.29, 0.717) is 11.1 Å². The summed E-state index contributed by atoms with van der Waals surface area (Å²) < 4.78 is 13.6. The third-order valence-corrected chi connectivity index (χ3v) is 11.3. The molecule has 230 valence electrons. The first-order chi connectivity index (χ1) is 24.7. The third kappa shape index (κ3) is 3.63. The lowest BCUT2D eigenvalue weighted by Gasteiger charge is -2.09. The summed E-state index contributed by atoms with van der Waals surface area (Å²) in [5.74, 6) is 0. The summed E-state index contributed by atoms with van der Waals surface area (Å²) in [7, 11) is 0. The average Bonchev–Trinajstić information content (AvgIpc) is 3.90. The Bertz CT molecular complexity index is 3290. The van der Waals surface area contributed by atoms with E-state index >= 15 is 0 Å². The summed E-state index contributed by atoms with van der Waals surface area (Å²) in [5, 5.41) is 28.3. The Morgan fingerprint density at radius 2 is 0.980 bits per heavy atom. The summed E-state index contributed by atoms with van der Waals surface area (Å²) in [6.45, 7) is 0. The molecule has 7 aromatic carbocycles. The second-order valence-electron chi connectivity index (χ2n) is 12.8. The minimum Gasteiger partial charge on any atom is -0.456 e. The Morgan fingerprint density at radius 1 is 0.420 bits per heavy atom. The molecule has 0 atom stereocenters. The molecule has 0 saturated heterocycles. The molecule has 0 aliphatic carbocycles. The highest BCUT2D eigenvalue weighted by molar-refractivity contribution is 7.25. The van der Waals surface area contributed by atoms with Gasteiger partial charge < -0.3 is 13.6 Å². The molecule has 5 nitrogen and oxygen atoms in total. The number of fused-ring (bicyclic) bond motifs is 12. The van der Waals surface area contributed by atoms with Crippen molar-refractivity contribution >= 4 is 97.1 Å².